The first-order valence-electron chi connectivity index (χ1n) is 10.5. The summed E-state index contributed by atoms with van der Waals surface area (Å²) < 4.78 is 59.3. The first kappa shape index (κ1) is 23.6. The van der Waals surface area contributed by atoms with E-state index in [1.54, 1.807) is 6.92 Å². The van der Waals surface area contributed by atoms with E-state index < -0.39 is 38.9 Å². The third-order valence-corrected chi connectivity index (χ3v) is 7.15. The molecule has 3 N–H and O–H groups in total. The zero-order valence-electron chi connectivity index (χ0n) is 17.7. The van der Waals surface area contributed by atoms with Crippen molar-refractivity contribution in [1.29, 1.82) is 0 Å². The van der Waals surface area contributed by atoms with Gasteiger partial charge in [-0.1, -0.05) is 13.3 Å². The van der Waals surface area contributed by atoms with Crippen LogP contribution in [0.4, 0.5) is 10.1 Å². The number of halogens is 1. The van der Waals surface area contributed by atoms with Gasteiger partial charge in [-0.25, -0.2) is 17.6 Å². The van der Waals surface area contributed by atoms with E-state index >= 15 is 0 Å². The van der Waals surface area contributed by atoms with Crippen molar-refractivity contribution >= 4 is 21.7 Å². The number of esters is 1. The summed E-state index contributed by atoms with van der Waals surface area (Å²) in [6.45, 7) is 4.39. The number of carbonyl (C=O) groups is 1. The minimum Gasteiger partial charge on any atom is -0.463 e. The second-order valence-corrected chi connectivity index (χ2v) is 9.49. The molecule has 1 saturated heterocycles. The molecule has 1 aliphatic heterocycles. The van der Waals surface area contributed by atoms with Crippen LogP contribution in [0.15, 0.2) is 29.8 Å². The van der Waals surface area contributed by atoms with E-state index in [4.69, 9.17) is 19.9 Å². The molecule has 172 valence electrons. The predicted molar refractivity (Wildman–Crippen MR) is 113 cm³/mol. The molecule has 2 atom stereocenters. The van der Waals surface area contributed by atoms with Crippen molar-refractivity contribution in [3.8, 4) is 0 Å². The molecule has 0 amide bonds. The number of nitrogens with two attached hydrogens (primary N) is 1. The normalized spacial score (nSPS) is 21.5. The Bertz CT molecular complexity index is 943. The number of rotatable bonds is 8. The van der Waals surface area contributed by atoms with Gasteiger partial charge in [0.05, 0.1) is 31.1 Å². The van der Waals surface area contributed by atoms with Crippen molar-refractivity contribution in [2.45, 2.75) is 56.6 Å². The quantitative estimate of drug-likeness (QED) is 0.578. The van der Waals surface area contributed by atoms with E-state index in [0.29, 0.717) is 25.2 Å². The van der Waals surface area contributed by atoms with E-state index in [1.165, 1.54) is 18.2 Å². The summed E-state index contributed by atoms with van der Waals surface area (Å²) in [6.07, 6.45) is 3.10. The molecule has 0 radical (unpaired) electrons. The van der Waals surface area contributed by atoms with E-state index in [9.17, 15) is 17.6 Å². The molecule has 2 unspecified atom stereocenters. The minimum atomic E-state index is -4.09. The van der Waals surface area contributed by atoms with Gasteiger partial charge in [0.15, 0.2) is 5.79 Å². The Balaban J connectivity index is 1.95. The lowest BCUT2D eigenvalue weighted by molar-refractivity contribution is -0.143. The maximum absolute atomic E-state index is 13.8. The van der Waals surface area contributed by atoms with E-state index in [1.807, 2.05) is 6.92 Å². The molecule has 0 bridgehead atoms. The van der Waals surface area contributed by atoms with Crippen LogP contribution in [0.1, 0.15) is 51.1 Å². The van der Waals surface area contributed by atoms with Crippen LogP contribution in [0.3, 0.4) is 0 Å². The zero-order valence-corrected chi connectivity index (χ0v) is 18.5. The summed E-state index contributed by atoms with van der Waals surface area (Å²) >= 11 is 0. The summed E-state index contributed by atoms with van der Waals surface area (Å²) in [4.78, 5) is 12.6. The number of carbonyl (C=O) groups excluding carboxylic acids is 1. The summed E-state index contributed by atoms with van der Waals surface area (Å²) in [5.41, 5.74) is 6.66. The Hall–Kier alpha value is -2.01. The summed E-state index contributed by atoms with van der Waals surface area (Å²) in [5.74, 6) is -2.36. The van der Waals surface area contributed by atoms with Crippen molar-refractivity contribution in [2.75, 3.05) is 24.5 Å². The van der Waals surface area contributed by atoms with Gasteiger partial charge in [0.2, 0.25) is 10.0 Å². The maximum atomic E-state index is 13.8. The number of sulfonamides is 1. The number of hydrogen-bond donors (Lipinski definition) is 2. The first-order valence-corrected chi connectivity index (χ1v) is 12.0. The number of nitrogens with one attached hydrogen (secondary N) is 1. The largest absolute Gasteiger partial charge is 0.463 e. The van der Waals surface area contributed by atoms with Crippen LogP contribution in [-0.2, 0) is 29.0 Å². The molecule has 31 heavy (non-hydrogen) atoms. The van der Waals surface area contributed by atoms with Gasteiger partial charge < -0.3 is 19.9 Å². The molecule has 2 aliphatic rings. The van der Waals surface area contributed by atoms with E-state index in [2.05, 4.69) is 4.72 Å². The van der Waals surface area contributed by atoms with Gasteiger partial charge in [-0.3, -0.25) is 4.72 Å². The lowest BCUT2D eigenvalue weighted by Gasteiger charge is -2.33. The monoisotopic (exact) mass is 456 g/mol. The second kappa shape index (κ2) is 9.64. The Labute approximate surface area is 182 Å². The topological polar surface area (TPSA) is 117 Å². The van der Waals surface area contributed by atoms with Gasteiger partial charge >= 0.3 is 5.97 Å². The zero-order chi connectivity index (χ0) is 22.6. The van der Waals surface area contributed by atoms with Crippen molar-refractivity contribution in [3.63, 3.8) is 0 Å². The summed E-state index contributed by atoms with van der Waals surface area (Å²) in [5, 5.41) is -1.18. The molecule has 10 heteroatoms. The number of benzene rings is 1. The average molecular weight is 457 g/mol. The average Bonchev–Trinajstić information content (AvgIpc) is 3.17. The Morgan fingerprint density at radius 1 is 1.35 bits per heavy atom. The van der Waals surface area contributed by atoms with E-state index in [0.717, 1.165) is 12.5 Å². The predicted octanol–water partition coefficient (Wildman–Crippen LogP) is 2.76. The van der Waals surface area contributed by atoms with Crippen molar-refractivity contribution in [1.82, 2.24) is 0 Å². The smallest absolute Gasteiger partial charge is 0.335 e. The van der Waals surface area contributed by atoms with Crippen molar-refractivity contribution in [3.05, 3.63) is 41.2 Å². The fourth-order valence-corrected chi connectivity index (χ4v) is 5.50. The van der Waals surface area contributed by atoms with Gasteiger partial charge in [0.25, 0.3) is 0 Å². The number of hydrogen-bond acceptors (Lipinski definition) is 7. The van der Waals surface area contributed by atoms with Gasteiger partial charge in [-0.2, -0.15) is 0 Å². The summed E-state index contributed by atoms with van der Waals surface area (Å²) in [7, 11) is -4.09. The van der Waals surface area contributed by atoms with Gasteiger partial charge in [0, 0.05) is 12.5 Å². The highest BCUT2D eigenvalue weighted by atomic mass is 32.2. The molecule has 1 spiro atoms. The molecule has 1 fully saturated rings. The van der Waals surface area contributed by atoms with Crippen LogP contribution in [-0.4, -0.2) is 45.2 Å². The lowest BCUT2D eigenvalue weighted by atomic mass is 9.94. The van der Waals surface area contributed by atoms with Crippen molar-refractivity contribution < 1.29 is 31.8 Å². The van der Waals surface area contributed by atoms with Crippen LogP contribution in [0, 0.1) is 5.82 Å². The van der Waals surface area contributed by atoms with Crippen LogP contribution >= 0.6 is 0 Å². The number of anilines is 1. The molecule has 0 saturated carbocycles. The maximum Gasteiger partial charge on any atom is 0.335 e. The van der Waals surface area contributed by atoms with Crippen LogP contribution in [0.2, 0.25) is 0 Å². The van der Waals surface area contributed by atoms with Crippen LogP contribution in [0.25, 0.3) is 0 Å². The fraction of sp³-hybridized carbons (Fsp3) is 0.571. The Kier molecular flexibility index (Phi) is 7.35. The molecule has 3 rings (SSSR count). The van der Waals surface area contributed by atoms with Crippen LogP contribution < -0.4 is 10.5 Å². The SMILES string of the molecule is CCCC(N)c1cc(F)ccc1NS(=O)(=O)C1CCC2(C=C1C(=O)OCC)OCCO2. The molecule has 8 nitrogen and oxygen atoms in total. The van der Waals surface area contributed by atoms with Crippen LogP contribution in [0.5, 0.6) is 0 Å². The van der Waals surface area contributed by atoms with Crippen molar-refractivity contribution in [2.24, 2.45) is 5.73 Å². The molecule has 1 aromatic rings. The standard InChI is InChI=1S/C21H29FN2O6S/c1-3-5-17(23)15-12-14(22)6-7-18(15)24-31(26,27)19-8-9-21(29-10-11-30-21)13-16(19)20(25)28-4-2/h6-7,12-13,17,19,24H,3-5,8-11,23H2,1-2H3. The van der Waals surface area contributed by atoms with Gasteiger partial charge in [-0.15, -0.1) is 0 Å². The molecule has 1 aliphatic carbocycles. The molecule has 1 heterocycles. The molecular formula is C21H29FN2O6S. The minimum absolute atomic E-state index is 0.0379. The molecular weight excluding hydrogens is 427 g/mol. The Morgan fingerprint density at radius 2 is 2.06 bits per heavy atom. The second-order valence-electron chi connectivity index (χ2n) is 7.63. The molecule has 1 aromatic carbocycles. The van der Waals surface area contributed by atoms with Gasteiger partial charge in [-0.05, 0) is 49.6 Å². The number of ether oxygens (including phenoxy) is 3. The highest BCUT2D eigenvalue weighted by Crippen LogP contribution is 2.38. The third kappa shape index (κ3) is 5.25. The van der Waals surface area contributed by atoms with Gasteiger partial charge in [0.1, 0.15) is 11.1 Å². The van der Waals surface area contributed by atoms with E-state index in [-0.39, 0.29) is 30.7 Å². The fourth-order valence-electron chi connectivity index (χ4n) is 3.94. The third-order valence-electron chi connectivity index (χ3n) is 5.40. The highest BCUT2D eigenvalue weighted by Gasteiger charge is 2.46. The lowest BCUT2D eigenvalue weighted by Crippen LogP contribution is -2.42. The molecule has 0 aromatic heterocycles. The first-order chi connectivity index (χ1) is 14.7. The highest BCUT2D eigenvalue weighted by molar-refractivity contribution is 7.93. The Morgan fingerprint density at radius 3 is 2.71 bits per heavy atom. The summed E-state index contributed by atoms with van der Waals surface area (Å²) in [6, 6.07) is 3.21.